The molecule has 1 aromatic rings. The maximum Gasteiger partial charge on any atom is 0.266 e. The number of nitrogens with two attached hydrogens (primary N) is 1. The molecule has 0 heterocycles. The van der Waals surface area contributed by atoms with Crippen molar-refractivity contribution < 1.29 is 9.63 Å². The molecule has 1 aliphatic rings. The van der Waals surface area contributed by atoms with Gasteiger partial charge in [-0.3, -0.25) is 4.79 Å². The molecule has 0 aliphatic heterocycles. The van der Waals surface area contributed by atoms with Crippen LogP contribution in [0.2, 0.25) is 0 Å². The predicted molar refractivity (Wildman–Crippen MR) is 92.1 cm³/mol. The number of hydrogen-bond acceptors (Lipinski definition) is 3. The van der Waals surface area contributed by atoms with Gasteiger partial charge in [-0.05, 0) is 26.7 Å². The van der Waals surface area contributed by atoms with Crippen LogP contribution >= 0.6 is 0 Å². The lowest BCUT2D eigenvalue weighted by Crippen LogP contribution is -2.43. The summed E-state index contributed by atoms with van der Waals surface area (Å²) in [5.74, 6) is 0.238. The van der Waals surface area contributed by atoms with E-state index in [1.54, 1.807) is 11.8 Å². The number of amidine groups is 1. The molecule has 1 aliphatic carbocycles. The monoisotopic (exact) mass is 317 g/mol. The highest BCUT2D eigenvalue weighted by atomic mass is 16.6. The smallest absolute Gasteiger partial charge is 0.266 e. The lowest BCUT2D eigenvalue weighted by Gasteiger charge is -2.32. The van der Waals surface area contributed by atoms with Gasteiger partial charge in [0, 0.05) is 18.7 Å². The Hall–Kier alpha value is -2.04. The zero-order valence-electron chi connectivity index (χ0n) is 14.3. The van der Waals surface area contributed by atoms with E-state index in [0.717, 1.165) is 24.0 Å². The van der Waals surface area contributed by atoms with Crippen LogP contribution in [-0.4, -0.2) is 35.8 Å². The topological polar surface area (TPSA) is 67.9 Å². The number of nitrogens with zero attached hydrogens (tertiary/aromatic N) is 2. The molecule has 23 heavy (non-hydrogen) atoms. The molecule has 1 fully saturated rings. The van der Waals surface area contributed by atoms with Crippen LogP contribution in [0.3, 0.4) is 0 Å². The third-order valence-corrected chi connectivity index (χ3v) is 4.47. The molecule has 1 atom stereocenters. The maximum atomic E-state index is 12.4. The van der Waals surface area contributed by atoms with Gasteiger partial charge in [0.1, 0.15) is 0 Å². The van der Waals surface area contributed by atoms with Crippen molar-refractivity contribution in [2.45, 2.75) is 58.1 Å². The highest BCUT2D eigenvalue weighted by molar-refractivity contribution is 5.97. The van der Waals surface area contributed by atoms with Crippen molar-refractivity contribution >= 4 is 11.7 Å². The van der Waals surface area contributed by atoms with Crippen molar-refractivity contribution in [3.05, 3.63) is 35.4 Å². The van der Waals surface area contributed by atoms with Crippen LogP contribution in [0.1, 0.15) is 50.2 Å². The number of hydrogen-bond donors (Lipinski definition) is 1. The lowest BCUT2D eigenvalue weighted by atomic mass is 9.94. The molecule has 2 rings (SSSR count). The Morgan fingerprint density at radius 1 is 1.26 bits per heavy atom. The van der Waals surface area contributed by atoms with Crippen molar-refractivity contribution in [2.75, 3.05) is 7.05 Å². The second-order valence-electron chi connectivity index (χ2n) is 6.33. The Balaban J connectivity index is 1.92. The molecule has 1 saturated carbocycles. The van der Waals surface area contributed by atoms with Gasteiger partial charge in [-0.1, -0.05) is 54.2 Å². The average molecular weight is 317 g/mol. The molecule has 5 heteroatoms. The highest BCUT2D eigenvalue weighted by Crippen LogP contribution is 2.22. The van der Waals surface area contributed by atoms with Gasteiger partial charge in [-0.15, -0.1) is 0 Å². The average Bonchev–Trinajstić information content (AvgIpc) is 2.59. The van der Waals surface area contributed by atoms with Gasteiger partial charge in [-0.2, -0.15) is 0 Å². The Labute approximate surface area is 138 Å². The largest absolute Gasteiger partial charge is 0.381 e. The third kappa shape index (κ3) is 4.71. The van der Waals surface area contributed by atoms with Crippen molar-refractivity contribution in [1.82, 2.24) is 4.90 Å². The van der Waals surface area contributed by atoms with Crippen LogP contribution < -0.4 is 5.73 Å². The summed E-state index contributed by atoms with van der Waals surface area (Å²) in [6.07, 6.45) is 5.16. The first-order chi connectivity index (χ1) is 11.0. The summed E-state index contributed by atoms with van der Waals surface area (Å²) in [7, 11) is 1.85. The fraction of sp³-hybridized carbons (Fsp3) is 0.556. The first-order valence-electron chi connectivity index (χ1n) is 8.32. The van der Waals surface area contributed by atoms with Crippen LogP contribution in [0, 0.1) is 6.92 Å². The molecule has 1 amide bonds. The Kier molecular flexibility index (Phi) is 6.02. The van der Waals surface area contributed by atoms with Gasteiger partial charge in [0.05, 0.1) is 0 Å². The molecule has 0 spiro atoms. The molecule has 126 valence electrons. The zero-order valence-corrected chi connectivity index (χ0v) is 14.3. The van der Waals surface area contributed by atoms with Gasteiger partial charge in [0.15, 0.2) is 5.84 Å². The summed E-state index contributed by atoms with van der Waals surface area (Å²) >= 11 is 0. The van der Waals surface area contributed by atoms with E-state index in [1.807, 2.05) is 38.2 Å². The number of amides is 1. The van der Waals surface area contributed by atoms with Crippen LogP contribution in [0.5, 0.6) is 0 Å². The number of carbonyl (C=O) groups is 1. The molecular formula is C18H27N3O2. The highest BCUT2D eigenvalue weighted by Gasteiger charge is 2.26. The van der Waals surface area contributed by atoms with Crippen LogP contribution in [0.25, 0.3) is 0 Å². The number of rotatable bonds is 5. The first-order valence-corrected chi connectivity index (χ1v) is 8.32. The summed E-state index contributed by atoms with van der Waals surface area (Å²) < 4.78 is 0. The molecule has 2 N–H and O–H groups in total. The van der Waals surface area contributed by atoms with E-state index >= 15 is 0 Å². The number of aryl methyl sites for hydroxylation is 1. The quantitative estimate of drug-likeness (QED) is 0.516. The Bertz CT molecular complexity index is 548. The second kappa shape index (κ2) is 7.99. The molecular weight excluding hydrogens is 290 g/mol. The van der Waals surface area contributed by atoms with Crippen LogP contribution in [0.15, 0.2) is 29.4 Å². The van der Waals surface area contributed by atoms with Crippen molar-refractivity contribution in [3.63, 3.8) is 0 Å². The maximum absolute atomic E-state index is 12.4. The molecule has 0 saturated heterocycles. The second-order valence-corrected chi connectivity index (χ2v) is 6.33. The van der Waals surface area contributed by atoms with Gasteiger partial charge in [0.25, 0.3) is 5.91 Å². The van der Waals surface area contributed by atoms with E-state index in [2.05, 4.69) is 5.16 Å². The van der Waals surface area contributed by atoms with E-state index in [1.165, 1.54) is 19.3 Å². The summed E-state index contributed by atoms with van der Waals surface area (Å²) in [5.41, 5.74) is 7.85. The minimum absolute atomic E-state index is 0.0441. The van der Waals surface area contributed by atoms with Crippen LogP contribution in [0.4, 0.5) is 0 Å². The molecule has 1 aromatic carbocycles. The van der Waals surface area contributed by atoms with Gasteiger partial charge in [0.2, 0.25) is 6.10 Å². The Morgan fingerprint density at radius 2 is 1.87 bits per heavy atom. The summed E-state index contributed by atoms with van der Waals surface area (Å²) in [6.45, 7) is 3.73. The summed E-state index contributed by atoms with van der Waals surface area (Å²) in [5, 5.41) is 3.92. The van der Waals surface area contributed by atoms with Gasteiger partial charge >= 0.3 is 0 Å². The van der Waals surface area contributed by atoms with E-state index < -0.39 is 6.10 Å². The fourth-order valence-electron chi connectivity index (χ4n) is 2.89. The normalized spacial score (nSPS) is 17.6. The van der Waals surface area contributed by atoms with Crippen molar-refractivity contribution in [1.29, 1.82) is 0 Å². The van der Waals surface area contributed by atoms with Crippen molar-refractivity contribution in [2.24, 2.45) is 10.9 Å². The molecule has 5 nitrogen and oxygen atoms in total. The van der Waals surface area contributed by atoms with E-state index in [-0.39, 0.29) is 11.7 Å². The summed E-state index contributed by atoms with van der Waals surface area (Å²) in [4.78, 5) is 19.6. The van der Waals surface area contributed by atoms with Crippen molar-refractivity contribution in [3.8, 4) is 0 Å². The SMILES string of the molecule is Cc1ccc(/C(N)=N/O[C@@H](C)C(=O)N(C)C2CCCCC2)cc1. The minimum atomic E-state index is -0.633. The third-order valence-electron chi connectivity index (χ3n) is 4.47. The number of likely N-dealkylation sites (N-methyl/N-ethyl adjacent to an activating group) is 1. The predicted octanol–water partition coefficient (Wildman–Crippen LogP) is 2.81. The van der Waals surface area contributed by atoms with E-state index in [0.29, 0.717) is 6.04 Å². The molecule has 0 unspecified atom stereocenters. The molecule has 0 radical (unpaired) electrons. The standard InChI is InChI=1S/C18H27N3O2/c1-13-9-11-15(12-10-13)17(19)20-23-14(2)18(22)21(3)16-7-5-4-6-8-16/h9-12,14,16H,4-8H2,1-3H3,(H2,19,20)/t14-/m0/s1. The summed E-state index contributed by atoms with van der Waals surface area (Å²) in [6, 6.07) is 8.02. The first kappa shape index (κ1) is 17.3. The zero-order chi connectivity index (χ0) is 16.8. The number of oxime groups is 1. The number of benzene rings is 1. The van der Waals surface area contributed by atoms with Gasteiger partial charge < -0.3 is 15.5 Å². The molecule has 0 aromatic heterocycles. The molecule has 0 bridgehead atoms. The minimum Gasteiger partial charge on any atom is -0.381 e. The van der Waals surface area contributed by atoms with E-state index in [9.17, 15) is 4.79 Å². The van der Waals surface area contributed by atoms with Gasteiger partial charge in [-0.25, -0.2) is 0 Å². The lowest BCUT2D eigenvalue weighted by molar-refractivity contribution is -0.144. The number of carbonyl (C=O) groups excluding carboxylic acids is 1. The Morgan fingerprint density at radius 3 is 2.48 bits per heavy atom. The fourth-order valence-corrected chi connectivity index (χ4v) is 2.89. The van der Waals surface area contributed by atoms with Crippen LogP contribution in [-0.2, 0) is 9.63 Å². The van der Waals surface area contributed by atoms with E-state index in [4.69, 9.17) is 10.6 Å².